The van der Waals surface area contributed by atoms with Crippen molar-refractivity contribution in [2.75, 3.05) is 37.7 Å². The number of ether oxygens (including phenoxy) is 2. The van der Waals surface area contributed by atoms with E-state index in [1.165, 1.54) is 12.1 Å². The molecule has 0 spiro atoms. The monoisotopic (exact) mass is 413 g/mol. The molecule has 0 aliphatic carbocycles. The van der Waals surface area contributed by atoms with E-state index in [-0.39, 0.29) is 24.4 Å². The third-order valence-corrected chi connectivity index (χ3v) is 4.63. The Hall–Kier alpha value is -3.62. The van der Waals surface area contributed by atoms with Crippen LogP contribution in [0.5, 0.6) is 5.75 Å². The van der Waals surface area contributed by atoms with Crippen LogP contribution in [0.3, 0.4) is 0 Å². The van der Waals surface area contributed by atoms with Gasteiger partial charge in [0.2, 0.25) is 0 Å². The van der Waals surface area contributed by atoms with E-state index < -0.39 is 23.4 Å². The minimum Gasteiger partial charge on any atom is -0.492 e. The lowest BCUT2D eigenvalue weighted by atomic mass is 10.1. The first-order chi connectivity index (χ1) is 14.5. The van der Waals surface area contributed by atoms with Gasteiger partial charge in [0, 0.05) is 19.2 Å². The van der Waals surface area contributed by atoms with E-state index in [0.717, 1.165) is 25.9 Å². The molecule has 1 heterocycles. The number of rotatable bonds is 9. The van der Waals surface area contributed by atoms with Crippen LogP contribution in [-0.4, -0.2) is 49.6 Å². The van der Waals surface area contributed by atoms with Crippen LogP contribution in [0, 0.1) is 10.1 Å². The largest absolute Gasteiger partial charge is 0.492 e. The molecule has 3 rings (SSSR count). The molecule has 2 aromatic carbocycles. The number of esters is 1. The smallest absolute Gasteiger partial charge is 0.338 e. The molecule has 1 saturated heterocycles. The van der Waals surface area contributed by atoms with Crippen molar-refractivity contribution in [1.82, 2.24) is 5.32 Å². The van der Waals surface area contributed by atoms with Gasteiger partial charge in [-0.05, 0) is 37.1 Å². The first-order valence-corrected chi connectivity index (χ1v) is 9.69. The molecule has 2 aromatic rings. The summed E-state index contributed by atoms with van der Waals surface area (Å²) in [7, 11) is 0. The van der Waals surface area contributed by atoms with Crippen molar-refractivity contribution in [2.45, 2.75) is 12.8 Å². The second-order valence-corrected chi connectivity index (χ2v) is 6.74. The lowest BCUT2D eigenvalue weighted by Gasteiger charge is -2.17. The number of nitrogens with zero attached hydrogens (tertiary/aromatic N) is 2. The first-order valence-electron chi connectivity index (χ1n) is 9.69. The Morgan fingerprint density at radius 2 is 1.83 bits per heavy atom. The SMILES string of the molecule is O=C(COC(=O)c1ccc(N2CCCC2)c([N+](=O)[O-])c1)NCCOc1ccccc1. The average molecular weight is 413 g/mol. The van der Waals surface area contributed by atoms with Crippen molar-refractivity contribution in [3.8, 4) is 5.75 Å². The molecule has 158 valence electrons. The predicted molar refractivity (Wildman–Crippen MR) is 110 cm³/mol. The Balaban J connectivity index is 1.47. The number of carbonyl (C=O) groups excluding carboxylic acids is 2. The maximum absolute atomic E-state index is 12.2. The van der Waals surface area contributed by atoms with Gasteiger partial charge >= 0.3 is 5.97 Å². The van der Waals surface area contributed by atoms with E-state index in [2.05, 4.69) is 5.32 Å². The number of hydrogen-bond donors (Lipinski definition) is 1. The van der Waals surface area contributed by atoms with Gasteiger partial charge in [-0.1, -0.05) is 18.2 Å². The fraction of sp³-hybridized carbons (Fsp3) is 0.333. The summed E-state index contributed by atoms with van der Waals surface area (Å²) in [6.45, 7) is 1.54. The first kappa shape index (κ1) is 21.1. The normalized spacial score (nSPS) is 13.0. The summed E-state index contributed by atoms with van der Waals surface area (Å²) in [4.78, 5) is 36.9. The Bertz CT molecular complexity index is 897. The van der Waals surface area contributed by atoms with Crippen molar-refractivity contribution in [2.24, 2.45) is 0 Å². The second-order valence-electron chi connectivity index (χ2n) is 6.74. The summed E-state index contributed by atoms with van der Waals surface area (Å²) in [5, 5.41) is 14.0. The van der Waals surface area contributed by atoms with Gasteiger partial charge in [0.15, 0.2) is 6.61 Å². The minimum absolute atomic E-state index is 0.0323. The molecule has 9 heteroatoms. The van der Waals surface area contributed by atoms with Crippen LogP contribution in [0.25, 0.3) is 0 Å². The van der Waals surface area contributed by atoms with Crippen molar-refractivity contribution >= 4 is 23.3 Å². The Labute approximate surface area is 173 Å². The molecular formula is C21H23N3O6. The van der Waals surface area contributed by atoms with Crippen LogP contribution in [0.4, 0.5) is 11.4 Å². The van der Waals surface area contributed by atoms with E-state index >= 15 is 0 Å². The van der Waals surface area contributed by atoms with Gasteiger partial charge in [0.05, 0.1) is 17.0 Å². The molecule has 0 saturated carbocycles. The summed E-state index contributed by atoms with van der Waals surface area (Å²) in [6.07, 6.45) is 1.96. The van der Waals surface area contributed by atoms with Gasteiger partial charge < -0.3 is 19.7 Å². The highest BCUT2D eigenvalue weighted by Gasteiger charge is 2.24. The number of nitrogens with one attached hydrogen (secondary N) is 1. The lowest BCUT2D eigenvalue weighted by molar-refractivity contribution is -0.384. The van der Waals surface area contributed by atoms with Crippen molar-refractivity contribution in [1.29, 1.82) is 0 Å². The molecule has 1 aliphatic rings. The molecule has 1 N–H and O–H groups in total. The number of anilines is 1. The van der Waals surface area contributed by atoms with Crippen LogP contribution in [0.15, 0.2) is 48.5 Å². The Morgan fingerprint density at radius 1 is 1.10 bits per heavy atom. The molecule has 1 fully saturated rings. The average Bonchev–Trinajstić information content (AvgIpc) is 3.30. The summed E-state index contributed by atoms with van der Waals surface area (Å²) >= 11 is 0. The van der Waals surface area contributed by atoms with Gasteiger partial charge in [-0.25, -0.2) is 4.79 Å². The molecule has 0 aromatic heterocycles. The molecule has 1 amide bonds. The number of nitro groups is 1. The zero-order valence-corrected chi connectivity index (χ0v) is 16.4. The second kappa shape index (κ2) is 10.2. The maximum atomic E-state index is 12.2. The Kier molecular flexibility index (Phi) is 7.20. The molecular weight excluding hydrogens is 390 g/mol. The highest BCUT2D eigenvalue weighted by molar-refractivity contribution is 5.93. The van der Waals surface area contributed by atoms with Crippen LogP contribution in [0.2, 0.25) is 0 Å². The number of hydrogen-bond acceptors (Lipinski definition) is 7. The number of nitro benzene ring substituents is 1. The zero-order valence-electron chi connectivity index (χ0n) is 16.4. The van der Waals surface area contributed by atoms with Gasteiger partial charge in [-0.2, -0.15) is 0 Å². The molecule has 1 aliphatic heterocycles. The van der Waals surface area contributed by atoms with Crippen molar-refractivity contribution in [3.63, 3.8) is 0 Å². The molecule has 0 unspecified atom stereocenters. The summed E-state index contributed by atoms with van der Waals surface area (Å²) in [6, 6.07) is 13.4. The fourth-order valence-electron chi connectivity index (χ4n) is 3.16. The van der Waals surface area contributed by atoms with E-state index in [9.17, 15) is 19.7 Å². The number of carbonyl (C=O) groups is 2. The van der Waals surface area contributed by atoms with E-state index in [4.69, 9.17) is 9.47 Å². The maximum Gasteiger partial charge on any atom is 0.338 e. The van der Waals surface area contributed by atoms with Crippen LogP contribution < -0.4 is 15.0 Å². The van der Waals surface area contributed by atoms with E-state index in [1.807, 2.05) is 23.1 Å². The van der Waals surface area contributed by atoms with Gasteiger partial charge in [-0.3, -0.25) is 14.9 Å². The van der Waals surface area contributed by atoms with E-state index in [0.29, 0.717) is 11.4 Å². The quantitative estimate of drug-likeness (QED) is 0.291. The third kappa shape index (κ3) is 5.69. The van der Waals surface area contributed by atoms with Crippen LogP contribution in [-0.2, 0) is 9.53 Å². The van der Waals surface area contributed by atoms with Gasteiger partial charge in [0.1, 0.15) is 18.0 Å². The topological polar surface area (TPSA) is 111 Å². The predicted octanol–water partition coefficient (Wildman–Crippen LogP) is 2.55. The standard InChI is InChI=1S/C21H23N3O6/c25-20(22-10-13-29-17-6-2-1-3-7-17)15-30-21(26)16-8-9-18(19(14-16)24(27)28)23-11-4-5-12-23/h1-3,6-9,14H,4-5,10-13,15H2,(H,22,25). The number of para-hydroxylation sites is 1. The van der Waals surface area contributed by atoms with Crippen LogP contribution >= 0.6 is 0 Å². The summed E-state index contributed by atoms with van der Waals surface area (Å²) < 4.78 is 10.4. The summed E-state index contributed by atoms with van der Waals surface area (Å²) in [5.41, 5.74) is 0.379. The number of benzene rings is 2. The van der Waals surface area contributed by atoms with Gasteiger partial charge in [0.25, 0.3) is 11.6 Å². The van der Waals surface area contributed by atoms with Crippen molar-refractivity contribution < 1.29 is 24.0 Å². The highest BCUT2D eigenvalue weighted by Crippen LogP contribution is 2.31. The zero-order chi connectivity index (χ0) is 21.3. The minimum atomic E-state index is -0.790. The third-order valence-electron chi connectivity index (χ3n) is 4.63. The lowest BCUT2D eigenvalue weighted by Crippen LogP contribution is -2.32. The highest BCUT2D eigenvalue weighted by atomic mass is 16.6. The van der Waals surface area contributed by atoms with E-state index in [1.54, 1.807) is 18.2 Å². The molecule has 0 atom stereocenters. The van der Waals surface area contributed by atoms with Crippen molar-refractivity contribution in [3.05, 3.63) is 64.2 Å². The molecule has 30 heavy (non-hydrogen) atoms. The Morgan fingerprint density at radius 3 is 2.53 bits per heavy atom. The van der Waals surface area contributed by atoms with Gasteiger partial charge in [-0.15, -0.1) is 0 Å². The number of amides is 1. The van der Waals surface area contributed by atoms with Crippen LogP contribution in [0.1, 0.15) is 23.2 Å². The molecule has 9 nitrogen and oxygen atoms in total. The summed E-state index contributed by atoms with van der Waals surface area (Å²) in [5.74, 6) is -0.581. The fourth-order valence-corrected chi connectivity index (χ4v) is 3.16. The molecule has 0 radical (unpaired) electrons. The molecule has 0 bridgehead atoms.